The molecule has 2 saturated heterocycles. The summed E-state index contributed by atoms with van der Waals surface area (Å²) in [5, 5.41) is 68.3. The summed E-state index contributed by atoms with van der Waals surface area (Å²) in [5.74, 6) is -6.86. The first kappa shape index (κ1) is 39.5. The number of fused-ring (bicyclic) bond motifs is 8. The molecule has 2 bridgehead atoms. The lowest BCUT2D eigenvalue weighted by Crippen LogP contribution is -2.68. The molecular formula is C38H47NO16. The summed E-state index contributed by atoms with van der Waals surface area (Å²) in [7, 11) is 7.64. The van der Waals surface area contributed by atoms with Gasteiger partial charge in [-0.25, -0.2) is 0 Å². The van der Waals surface area contributed by atoms with Crippen molar-refractivity contribution in [2.45, 2.75) is 112 Å². The van der Waals surface area contributed by atoms with E-state index in [1.165, 1.54) is 35.2 Å². The smallest absolute Gasteiger partial charge is 0.313 e. The number of ether oxygens (including phenoxy) is 7. The number of carbonyl (C=O) groups excluding carboxylic acids is 2. The Morgan fingerprint density at radius 3 is 2.20 bits per heavy atom. The second kappa shape index (κ2) is 13.2. The molecule has 17 heteroatoms. The zero-order chi connectivity index (χ0) is 40.4. The predicted octanol–water partition coefficient (Wildman–Crippen LogP) is 1.05. The molecule has 2 fully saturated rings. The van der Waals surface area contributed by atoms with Crippen LogP contribution in [0.15, 0.2) is 12.1 Å². The summed E-state index contributed by atoms with van der Waals surface area (Å²) < 4.78 is 42.0. The number of hydrogen-bond acceptors (Lipinski definition) is 16. The van der Waals surface area contributed by atoms with Gasteiger partial charge in [0.1, 0.15) is 58.8 Å². The summed E-state index contributed by atoms with van der Waals surface area (Å²) >= 11 is 0. The van der Waals surface area contributed by atoms with Crippen molar-refractivity contribution in [2.75, 3.05) is 35.4 Å². The van der Waals surface area contributed by atoms with Gasteiger partial charge in [0, 0.05) is 44.4 Å². The molecule has 0 radical (unpaired) electrons. The van der Waals surface area contributed by atoms with Crippen molar-refractivity contribution in [1.29, 1.82) is 0 Å². The van der Waals surface area contributed by atoms with Gasteiger partial charge in [0.05, 0.1) is 40.5 Å². The van der Waals surface area contributed by atoms with E-state index in [-0.39, 0.29) is 22.4 Å². The minimum atomic E-state index is -2.04. The Balaban J connectivity index is 1.39. The van der Waals surface area contributed by atoms with E-state index >= 15 is 0 Å². The van der Waals surface area contributed by atoms with Crippen LogP contribution in [0.1, 0.15) is 94.7 Å². The number of benzene rings is 2. The van der Waals surface area contributed by atoms with E-state index in [0.29, 0.717) is 0 Å². The molecule has 2 aromatic rings. The van der Waals surface area contributed by atoms with Gasteiger partial charge in [-0.15, -0.1) is 0 Å². The Hall–Kier alpha value is -3.75. The number of carboxylic acid groups (broad SMARTS) is 1. The van der Waals surface area contributed by atoms with Crippen LogP contribution < -0.4 is 4.74 Å². The van der Waals surface area contributed by atoms with Crippen LogP contribution in [0.3, 0.4) is 0 Å². The van der Waals surface area contributed by atoms with E-state index in [2.05, 4.69) is 0 Å². The lowest BCUT2D eigenvalue weighted by atomic mass is 9.68. The molecule has 300 valence electrons. The highest BCUT2D eigenvalue weighted by atomic mass is 16.7. The molecule has 13 atom stereocenters. The number of rotatable bonds is 7. The Kier molecular flexibility index (Phi) is 9.44. The van der Waals surface area contributed by atoms with Gasteiger partial charge >= 0.3 is 5.97 Å². The van der Waals surface area contributed by atoms with E-state index in [4.69, 9.17) is 33.2 Å². The zero-order valence-electron chi connectivity index (χ0n) is 31.8. The molecule has 17 nitrogen and oxygen atoms in total. The van der Waals surface area contributed by atoms with Gasteiger partial charge in [-0.1, -0.05) is 0 Å². The lowest BCUT2D eigenvalue weighted by molar-refractivity contribution is -0.345. The number of aliphatic carboxylic acids is 1. The number of likely N-dealkylation sites (N-methyl/N-ethyl adjacent to an activating group) is 1. The minimum Gasteiger partial charge on any atom is -0.507 e. The number of aliphatic hydroxyl groups is 3. The SMILES string of the molecule is CO[C@H]1[C@H](O[C@H]2C[C@](C)(O)[C@H](C(=O)O)c3cc4c(c(O)c32)C(=O)c2c(O)cc3c(c2C4=O)O[C@@H]2O[C@@]3(C)[C@H](O)[C@@H](N(C)C)[C@@H]2O)O[C@@H](C)[C@H](OC)[C@@]1(C)OC. The molecule has 55 heavy (non-hydrogen) atoms. The fourth-order valence-corrected chi connectivity index (χ4v) is 9.58. The van der Waals surface area contributed by atoms with E-state index in [9.17, 15) is 45.0 Å². The number of phenolic OH excluding ortho intramolecular Hbond substituents is 2. The second-order valence-electron chi connectivity index (χ2n) is 15.8. The van der Waals surface area contributed by atoms with Crippen LogP contribution in [0, 0.1) is 0 Å². The molecule has 2 aliphatic carbocycles. The summed E-state index contributed by atoms with van der Waals surface area (Å²) in [6.07, 6.45) is -9.43. The fraction of sp³-hybridized carbons (Fsp3) is 0.605. The van der Waals surface area contributed by atoms with Gasteiger partial charge in [-0.3, -0.25) is 14.4 Å². The van der Waals surface area contributed by atoms with Gasteiger partial charge in [-0.05, 0) is 59.5 Å². The van der Waals surface area contributed by atoms with Crippen LogP contribution in [0.4, 0.5) is 0 Å². The Bertz CT molecular complexity index is 1960. The number of carbonyl (C=O) groups is 3. The number of ketones is 2. The average molecular weight is 774 g/mol. The molecular weight excluding hydrogens is 726 g/mol. The highest BCUT2D eigenvalue weighted by molar-refractivity contribution is 6.31. The minimum absolute atomic E-state index is 0.0195. The highest BCUT2D eigenvalue weighted by Crippen LogP contribution is 2.56. The molecule has 6 N–H and O–H groups in total. The normalized spacial score (nSPS) is 39.1. The first-order valence-electron chi connectivity index (χ1n) is 17.8. The van der Waals surface area contributed by atoms with Crippen molar-refractivity contribution in [3.8, 4) is 17.2 Å². The van der Waals surface area contributed by atoms with Gasteiger partial charge in [0.15, 0.2) is 12.1 Å². The maximum atomic E-state index is 14.7. The first-order chi connectivity index (χ1) is 25.7. The molecule has 3 heterocycles. The van der Waals surface area contributed by atoms with Gasteiger partial charge in [0.25, 0.3) is 0 Å². The van der Waals surface area contributed by atoms with Crippen molar-refractivity contribution in [1.82, 2.24) is 4.90 Å². The van der Waals surface area contributed by atoms with Crippen molar-refractivity contribution in [2.24, 2.45) is 0 Å². The number of aliphatic hydroxyl groups excluding tert-OH is 2. The number of aromatic hydroxyl groups is 2. The van der Waals surface area contributed by atoms with Crippen LogP contribution in [0.2, 0.25) is 0 Å². The number of hydrogen-bond donors (Lipinski definition) is 6. The molecule has 5 aliphatic rings. The molecule has 0 saturated carbocycles. The zero-order valence-corrected chi connectivity index (χ0v) is 31.8. The standard InChI is InChI=1S/C38H47NO16/c1-13-31(49-7)38(4,51-9)32(50-8)35(52-13)53-18-12-36(2,48)23(33(46)47)14-10-15-20(26(42)19(14)18)27(43)21-17(40)11-16-29(22(21)25(15)41)54-34-28(44)24(39(5)6)30(45)37(16,3)55-34/h10-11,13,18,23-24,28,30-32,34-35,40,42,44-45,48H,12H2,1-9H3,(H,46,47)/t13-,18-,23-,24-,28-,30+,31-,32-,34+,35-,36-,37+,38+/m0/s1. The number of phenols is 2. The van der Waals surface area contributed by atoms with Crippen LogP contribution in [-0.2, 0) is 38.8 Å². The van der Waals surface area contributed by atoms with Crippen molar-refractivity contribution in [3.05, 3.63) is 51.1 Å². The molecule has 0 aromatic heterocycles. The van der Waals surface area contributed by atoms with E-state index in [0.717, 1.165) is 12.1 Å². The number of nitrogens with zero attached hydrogens (tertiary/aromatic N) is 1. The summed E-state index contributed by atoms with van der Waals surface area (Å²) in [6.45, 7) is 6.25. The molecule has 0 amide bonds. The van der Waals surface area contributed by atoms with Crippen LogP contribution in [0.5, 0.6) is 17.2 Å². The Morgan fingerprint density at radius 2 is 1.62 bits per heavy atom. The third kappa shape index (κ3) is 5.40. The summed E-state index contributed by atoms with van der Waals surface area (Å²) in [4.78, 5) is 43.6. The lowest BCUT2D eigenvalue weighted by Gasteiger charge is -2.53. The Morgan fingerprint density at radius 1 is 0.964 bits per heavy atom. The quantitative estimate of drug-likeness (QED) is 0.197. The maximum absolute atomic E-state index is 14.7. The molecule has 0 unspecified atom stereocenters. The van der Waals surface area contributed by atoms with Crippen molar-refractivity contribution in [3.63, 3.8) is 0 Å². The first-order valence-corrected chi connectivity index (χ1v) is 17.8. The van der Waals surface area contributed by atoms with Gasteiger partial charge < -0.3 is 68.7 Å². The predicted molar refractivity (Wildman–Crippen MR) is 186 cm³/mol. The van der Waals surface area contributed by atoms with Crippen molar-refractivity contribution < 1.29 is 78.2 Å². The molecule has 7 rings (SSSR count). The Labute approximate surface area is 316 Å². The summed E-state index contributed by atoms with van der Waals surface area (Å²) in [5.41, 5.74) is -7.13. The van der Waals surface area contributed by atoms with E-state index < -0.39 is 136 Å². The highest BCUT2D eigenvalue weighted by Gasteiger charge is 2.60. The monoisotopic (exact) mass is 773 g/mol. The van der Waals surface area contributed by atoms with Crippen LogP contribution in [0.25, 0.3) is 0 Å². The largest absolute Gasteiger partial charge is 0.507 e. The van der Waals surface area contributed by atoms with Crippen LogP contribution in [-0.4, -0.2) is 149 Å². The van der Waals surface area contributed by atoms with Gasteiger partial charge in [-0.2, -0.15) is 0 Å². The topological polar surface area (TPSA) is 240 Å². The average Bonchev–Trinajstić information content (AvgIpc) is 3.09. The van der Waals surface area contributed by atoms with Gasteiger partial charge in [0.2, 0.25) is 12.1 Å². The maximum Gasteiger partial charge on any atom is 0.313 e. The third-order valence-electron chi connectivity index (χ3n) is 12.3. The second-order valence-corrected chi connectivity index (χ2v) is 15.8. The molecule has 3 aliphatic heterocycles. The van der Waals surface area contributed by atoms with Crippen molar-refractivity contribution >= 4 is 17.5 Å². The van der Waals surface area contributed by atoms with E-state index in [1.54, 1.807) is 32.8 Å². The number of carboxylic acids is 1. The molecule has 2 aromatic carbocycles. The fourth-order valence-electron chi connectivity index (χ4n) is 9.58. The molecule has 0 spiro atoms. The van der Waals surface area contributed by atoms with Crippen LogP contribution >= 0.6 is 0 Å². The number of methoxy groups -OCH3 is 3. The third-order valence-corrected chi connectivity index (χ3v) is 12.3. The summed E-state index contributed by atoms with van der Waals surface area (Å²) in [6, 6.07) is 1.37. The van der Waals surface area contributed by atoms with E-state index in [1.807, 2.05) is 0 Å².